The number of rotatable bonds is 3. The zero-order valence-corrected chi connectivity index (χ0v) is 11.2. The molecule has 0 bridgehead atoms. The Balaban J connectivity index is 2.29. The van der Waals surface area contributed by atoms with E-state index in [9.17, 15) is 4.79 Å². The van der Waals surface area contributed by atoms with Crippen molar-refractivity contribution in [1.29, 1.82) is 0 Å². The molecule has 0 saturated heterocycles. The first-order valence-electron chi connectivity index (χ1n) is 6.33. The van der Waals surface area contributed by atoms with Crippen LogP contribution in [0.5, 0.6) is 5.75 Å². The molecule has 1 aromatic rings. The Kier molecular flexibility index (Phi) is 4.43. The van der Waals surface area contributed by atoms with Crippen molar-refractivity contribution >= 4 is 23.5 Å². The van der Waals surface area contributed by atoms with Crippen LogP contribution in [-0.2, 0) is 4.79 Å². The Labute approximate surface area is 113 Å². The van der Waals surface area contributed by atoms with Gasteiger partial charge in [-0.1, -0.05) is 18.2 Å². The molecule has 1 atom stereocenters. The van der Waals surface area contributed by atoms with Gasteiger partial charge in [-0.05, 0) is 43.9 Å². The number of halogens is 1. The largest absolute Gasteiger partial charge is 0.493 e. The van der Waals surface area contributed by atoms with Gasteiger partial charge in [0.2, 0.25) is 0 Å². The summed E-state index contributed by atoms with van der Waals surface area (Å²) in [5.41, 5.74) is 1.77. The quantitative estimate of drug-likeness (QED) is 0.613. The molecule has 0 heterocycles. The Morgan fingerprint density at radius 2 is 2.22 bits per heavy atom. The summed E-state index contributed by atoms with van der Waals surface area (Å²) in [6.07, 6.45) is 4.48. The molecule has 0 aromatic heterocycles. The second-order valence-electron chi connectivity index (χ2n) is 4.36. The van der Waals surface area contributed by atoms with Crippen LogP contribution >= 0.6 is 11.6 Å². The molecule has 0 amide bonds. The standard InChI is InChI=1S/C15H17ClO2/c1-2-18-14-9-4-3-6-11(14)10-12-7-5-8-13(16)15(12)17/h3-4,6,9-10,13H,2,5,7-8H2,1H3. The van der Waals surface area contributed by atoms with Gasteiger partial charge in [-0.25, -0.2) is 0 Å². The summed E-state index contributed by atoms with van der Waals surface area (Å²) in [5.74, 6) is 0.881. The number of alkyl halides is 1. The van der Waals surface area contributed by atoms with E-state index in [0.717, 1.165) is 36.1 Å². The molecule has 1 aliphatic carbocycles. The molecular weight excluding hydrogens is 248 g/mol. The predicted molar refractivity (Wildman–Crippen MR) is 74.1 cm³/mol. The maximum atomic E-state index is 12.0. The van der Waals surface area contributed by atoms with E-state index < -0.39 is 0 Å². The highest BCUT2D eigenvalue weighted by atomic mass is 35.5. The van der Waals surface area contributed by atoms with Crippen LogP contribution < -0.4 is 4.74 Å². The first-order chi connectivity index (χ1) is 8.72. The van der Waals surface area contributed by atoms with E-state index in [1.807, 2.05) is 37.3 Å². The lowest BCUT2D eigenvalue weighted by molar-refractivity contribution is -0.116. The average Bonchev–Trinajstić information content (AvgIpc) is 2.37. The molecule has 1 aromatic carbocycles. The van der Waals surface area contributed by atoms with Gasteiger partial charge in [0.05, 0.1) is 12.0 Å². The van der Waals surface area contributed by atoms with Crippen LogP contribution in [0.15, 0.2) is 29.8 Å². The zero-order chi connectivity index (χ0) is 13.0. The maximum absolute atomic E-state index is 12.0. The minimum absolute atomic E-state index is 0.0641. The third-order valence-electron chi connectivity index (χ3n) is 3.05. The molecule has 1 fully saturated rings. The van der Waals surface area contributed by atoms with Gasteiger partial charge in [0.1, 0.15) is 5.75 Å². The van der Waals surface area contributed by atoms with Gasteiger partial charge in [-0.15, -0.1) is 11.6 Å². The lowest BCUT2D eigenvalue weighted by Crippen LogP contribution is -2.21. The lowest BCUT2D eigenvalue weighted by Gasteiger charge is -2.18. The van der Waals surface area contributed by atoms with Gasteiger partial charge in [-0.3, -0.25) is 4.79 Å². The number of carbonyl (C=O) groups excluding carboxylic acids is 1. The van der Waals surface area contributed by atoms with Gasteiger partial charge < -0.3 is 4.74 Å². The summed E-state index contributed by atoms with van der Waals surface area (Å²) in [7, 11) is 0. The van der Waals surface area contributed by atoms with Crippen LogP contribution in [0.4, 0.5) is 0 Å². The van der Waals surface area contributed by atoms with E-state index in [-0.39, 0.29) is 11.2 Å². The van der Waals surface area contributed by atoms with Crippen molar-refractivity contribution in [2.75, 3.05) is 6.61 Å². The number of Topliss-reactive ketones (excluding diaryl/α,β-unsaturated/α-hetero) is 1. The molecule has 1 unspecified atom stereocenters. The van der Waals surface area contributed by atoms with Crippen molar-refractivity contribution in [3.8, 4) is 5.75 Å². The first-order valence-corrected chi connectivity index (χ1v) is 6.76. The van der Waals surface area contributed by atoms with E-state index in [2.05, 4.69) is 0 Å². The number of ether oxygens (including phenoxy) is 1. The summed E-state index contributed by atoms with van der Waals surface area (Å²) >= 11 is 6.01. The molecule has 96 valence electrons. The molecule has 0 aliphatic heterocycles. The fourth-order valence-corrected chi connectivity index (χ4v) is 2.44. The third-order valence-corrected chi connectivity index (χ3v) is 3.47. The average molecular weight is 265 g/mol. The molecule has 2 nitrogen and oxygen atoms in total. The molecule has 1 aliphatic rings. The smallest absolute Gasteiger partial charge is 0.176 e. The fraction of sp³-hybridized carbons (Fsp3) is 0.400. The summed E-state index contributed by atoms with van der Waals surface area (Å²) in [6, 6.07) is 7.75. The molecule has 0 radical (unpaired) electrons. The Hall–Kier alpha value is -1.28. The molecule has 18 heavy (non-hydrogen) atoms. The number of hydrogen-bond donors (Lipinski definition) is 0. The lowest BCUT2D eigenvalue weighted by atomic mass is 9.91. The Morgan fingerprint density at radius 3 is 3.00 bits per heavy atom. The second-order valence-corrected chi connectivity index (χ2v) is 4.89. The SMILES string of the molecule is CCOc1ccccc1C=C1CCCC(Cl)C1=O. The topological polar surface area (TPSA) is 26.3 Å². The highest BCUT2D eigenvalue weighted by molar-refractivity contribution is 6.34. The maximum Gasteiger partial charge on any atom is 0.176 e. The molecule has 3 heteroatoms. The second kappa shape index (κ2) is 6.05. The minimum Gasteiger partial charge on any atom is -0.493 e. The highest BCUT2D eigenvalue weighted by Crippen LogP contribution is 2.28. The van der Waals surface area contributed by atoms with Crippen molar-refractivity contribution in [2.45, 2.75) is 31.6 Å². The van der Waals surface area contributed by atoms with E-state index >= 15 is 0 Å². The zero-order valence-electron chi connectivity index (χ0n) is 10.5. The predicted octanol–water partition coefficient (Wildman–Crippen LogP) is 3.83. The first kappa shape index (κ1) is 13.2. The van der Waals surface area contributed by atoms with Crippen molar-refractivity contribution in [3.63, 3.8) is 0 Å². The Morgan fingerprint density at radius 1 is 1.44 bits per heavy atom. The van der Waals surface area contributed by atoms with Gasteiger partial charge in [-0.2, -0.15) is 0 Å². The van der Waals surface area contributed by atoms with Crippen LogP contribution in [-0.4, -0.2) is 17.8 Å². The summed E-state index contributed by atoms with van der Waals surface area (Å²) < 4.78 is 5.55. The van der Waals surface area contributed by atoms with Gasteiger partial charge in [0.15, 0.2) is 5.78 Å². The van der Waals surface area contributed by atoms with Crippen LogP contribution in [0.1, 0.15) is 31.7 Å². The molecule has 1 saturated carbocycles. The third kappa shape index (κ3) is 2.94. The van der Waals surface area contributed by atoms with Crippen LogP contribution in [0.25, 0.3) is 6.08 Å². The minimum atomic E-state index is -0.357. The molecular formula is C15H17ClO2. The monoisotopic (exact) mass is 264 g/mol. The van der Waals surface area contributed by atoms with Crippen LogP contribution in [0.2, 0.25) is 0 Å². The van der Waals surface area contributed by atoms with Gasteiger partial charge in [0, 0.05) is 5.56 Å². The van der Waals surface area contributed by atoms with E-state index in [1.165, 1.54) is 0 Å². The Bertz CT molecular complexity index is 465. The van der Waals surface area contributed by atoms with Crippen LogP contribution in [0.3, 0.4) is 0 Å². The van der Waals surface area contributed by atoms with E-state index in [4.69, 9.17) is 16.3 Å². The van der Waals surface area contributed by atoms with Crippen molar-refractivity contribution < 1.29 is 9.53 Å². The summed E-state index contributed by atoms with van der Waals surface area (Å²) in [5, 5.41) is -0.357. The summed E-state index contributed by atoms with van der Waals surface area (Å²) in [4.78, 5) is 12.0. The molecule has 0 spiro atoms. The number of allylic oxidation sites excluding steroid dienone is 1. The number of hydrogen-bond acceptors (Lipinski definition) is 2. The van der Waals surface area contributed by atoms with Crippen molar-refractivity contribution in [1.82, 2.24) is 0 Å². The van der Waals surface area contributed by atoms with Crippen LogP contribution in [0, 0.1) is 0 Å². The molecule has 0 N–H and O–H groups in total. The highest BCUT2D eigenvalue weighted by Gasteiger charge is 2.24. The number of ketones is 1. The molecule has 2 rings (SSSR count). The van der Waals surface area contributed by atoms with Gasteiger partial charge in [0.25, 0.3) is 0 Å². The van der Waals surface area contributed by atoms with Crippen molar-refractivity contribution in [2.24, 2.45) is 0 Å². The number of benzene rings is 1. The van der Waals surface area contributed by atoms with E-state index in [1.54, 1.807) is 0 Å². The normalized spacial score (nSPS) is 22.2. The number of para-hydroxylation sites is 1. The van der Waals surface area contributed by atoms with E-state index in [0.29, 0.717) is 6.61 Å². The fourth-order valence-electron chi connectivity index (χ4n) is 2.14. The summed E-state index contributed by atoms with van der Waals surface area (Å²) in [6.45, 7) is 2.57. The van der Waals surface area contributed by atoms with Gasteiger partial charge >= 0.3 is 0 Å². The number of carbonyl (C=O) groups is 1. The van der Waals surface area contributed by atoms with Crippen molar-refractivity contribution in [3.05, 3.63) is 35.4 Å².